The van der Waals surface area contributed by atoms with Crippen molar-refractivity contribution in [1.82, 2.24) is 20.2 Å². The normalized spacial score (nSPS) is 15.4. The van der Waals surface area contributed by atoms with Gasteiger partial charge in [0, 0.05) is 54.5 Å². The third-order valence-corrected chi connectivity index (χ3v) is 5.98. The lowest BCUT2D eigenvalue weighted by atomic mass is 10.1. The molecule has 164 valence electrons. The van der Waals surface area contributed by atoms with E-state index in [0.717, 1.165) is 19.3 Å². The SMILES string of the molecule is CNC(=O)c1cnc(NC(=O)C2CC2)c2[nH]c(-c3ccc(C(=O)N4CCC4)cc3F)cc12. The second-order valence-electron chi connectivity index (χ2n) is 8.18. The third kappa shape index (κ3) is 3.49. The van der Waals surface area contributed by atoms with Crippen LogP contribution in [0.25, 0.3) is 22.2 Å². The highest BCUT2D eigenvalue weighted by atomic mass is 19.1. The van der Waals surface area contributed by atoms with E-state index in [-0.39, 0.29) is 29.2 Å². The van der Waals surface area contributed by atoms with Crippen LogP contribution in [-0.2, 0) is 4.79 Å². The first-order chi connectivity index (χ1) is 15.5. The summed E-state index contributed by atoms with van der Waals surface area (Å²) >= 11 is 0. The smallest absolute Gasteiger partial charge is 0.253 e. The topological polar surface area (TPSA) is 107 Å². The predicted octanol–water partition coefficient (Wildman–Crippen LogP) is 2.92. The average Bonchev–Trinajstić information content (AvgIpc) is 3.51. The number of aromatic nitrogens is 2. The number of benzene rings is 1. The highest BCUT2D eigenvalue weighted by Gasteiger charge is 2.30. The molecule has 0 atom stereocenters. The van der Waals surface area contributed by atoms with Crippen LogP contribution in [0.15, 0.2) is 30.5 Å². The van der Waals surface area contributed by atoms with E-state index in [1.807, 2.05) is 0 Å². The summed E-state index contributed by atoms with van der Waals surface area (Å²) in [6, 6.07) is 6.03. The Morgan fingerprint density at radius 2 is 1.97 bits per heavy atom. The molecule has 2 aromatic heterocycles. The van der Waals surface area contributed by atoms with Crippen LogP contribution in [0, 0.1) is 11.7 Å². The van der Waals surface area contributed by atoms with E-state index >= 15 is 4.39 Å². The number of hydrogen-bond donors (Lipinski definition) is 3. The van der Waals surface area contributed by atoms with Gasteiger partial charge < -0.3 is 20.5 Å². The van der Waals surface area contributed by atoms with Gasteiger partial charge in [-0.05, 0) is 43.5 Å². The van der Waals surface area contributed by atoms with Crippen molar-refractivity contribution in [2.45, 2.75) is 19.3 Å². The molecule has 1 saturated carbocycles. The molecule has 0 radical (unpaired) electrons. The van der Waals surface area contributed by atoms with Gasteiger partial charge in [0.25, 0.3) is 11.8 Å². The van der Waals surface area contributed by atoms with Gasteiger partial charge in [-0.1, -0.05) is 0 Å². The van der Waals surface area contributed by atoms with Crippen LogP contribution < -0.4 is 10.6 Å². The van der Waals surface area contributed by atoms with Crippen molar-refractivity contribution in [3.63, 3.8) is 0 Å². The lowest BCUT2D eigenvalue weighted by Crippen LogP contribution is -2.42. The zero-order valence-electron chi connectivity index (χ0n) is 17.5. The fraction of sp³-hybridized carbons (Fsp3) is 0.304. The summed E-state index contributed by atoms with van der Waals surface area (Å²) in [5.74, 6) is -0.933. The van der Waals surface area contributed by atoms with Crippen molar-refractivity contribution in [2.24, 2.45) is 5.92 Å². The monoisotopic (exact) mass is 435 g/mol. The minimum atomic E-state index is -0.555. The maximum atomic E-state index is 15.0. The Labute approximate surface area is 183 Å². The number of amides is 3. The van der Waals surface area contributed by atoms with Crippen molar-refractivity contribution in [1.29, 1.82) is 0 Å². The minimum absolute atomic E-state index is 0.0196. The van der Waals surface area contributed by atoms with Gasteiger partial charge in [0.05, 0.1) is 11.1 Å². The molecule has 3 amide bonds. The molecule has 0 spiro atoms. The maximum Gasteiger partial charge on any atom is 0.253 e. The molecule has 32 heavy (non-hydrogen) atoms. The van der Waals surface area contributed by atoms with Gasteiger partial charge in [-0.3, -0.25) is 14.4 Å². The van der Waals surface area contributed by atoms with Crippen molar-refractivity contribution in [3.8, 4) is 11.3 Å². The lowest BCUT2D eigenvalue weighted by molar-refractivity contribution is -0.117. The summed E-state index contributed by atoms with van der Waals surface area (Å²) in [5.41, 5.74) is 1.71. The van der Waals surface area contributed by atoms with Crippen LogP contribution in [-0.4, -0.2) is 52.7 Å². The van der Waals surface area contributed by atoms with Crippen molar-refractivity contribution >= 4 is 34.4 Å². The molecule has 1 aromatic carbocycles. The van der Waals surface area contributed by atoms with Crippen LogP contribution in [0.1, 0.15) is 40.0 Å². The summed E-state index contributed by atoms with van der Waals surface area (Å²) in [4.78, 5) is 46.0. The Morgan fingerprint density at radius 1 is 1.19 bits per heavy atom. The van der Waals surface area contributed by atoms with E-state index in [2.05, 4.69) is 20.6 Å². The second kappa shape index (κ2) is 7.74. The first kappa shape index (κ1) is 20.2. The van der Waals surface area contributed by atoms with Crippen molar-refractivity contribution in [3.05, 3.63) is 47.4 Å². The third-order valence-electron chi connectivity index (χ3n) is 5.98. The van der Waals surface area contributed by atoms with Crippen LogP contribution in [0.4, 0.5) is 10.2 Å². The van der Waals surface area contributed by atoms with Crippen molar-refractivity contribution in [2.75, 3.05) is 25.5 Å². The van der Waals surface area contributed by atoms with E-state index in [1.54, 1.807) is 23.1 Å². The molecule has 0 unspecified atom stereocenters. The first-order valence-corrected chi connectivity index (χ1v) is 10.6. The van der Waals surface area contributed by atoms with Gasteiger partial charge in [0.1, 0.15) is 5.82 Å². The van der Waals surface area contributed by atoms with E-state index in [9.17, 15) is 14.4 Å². The molecule has 9 heteroatoms. The molecule has 5 rings (SSSR count). The van der Waals surface area contributed by atoms with Crippen LogP contribution in [0.2, 0.25) is 0 Å². The fourth-order valence-corrected chi connectivity index (χ4v) is 3.81. The van der Waals surface area contributed by atoms with E-state index in [1.165, 1.54) is 19.3 Å². The number of halogens is 1. The molecule has 1 aliphatic heterocycles. The van der Waals surface area contributed by atoms with E-state index < -0.39 is 5.82 Å². The molecule has 3 aromatic rings. The Hall–Kier alpha value is -3.75. The number of hydrogen-bond acceptors (Lipinski definition) is 4. The number of pyridine rings is 1. The molecule has 1 aliphatic carbocycles. The number of H-pyrrole nitrogens is 1. The summed E-state index contributed by atoms with van der Waals surface area (Å²) in [7, 11) is 1.51. The summed E-state index contributed by atoms with van der Waals surface area (Å²) in [6.45, 7) is 1.38. The standard InChI is InChI=1S/C23H22FN5O3/c1-25-22(31)16-11-26-20(28-21(30)12-3-4-12)19-15(16)10-18(27-19)14-6-5-13(9-17(14)24)23(32)29-7-2-8-29/h5-6,9-12,27H,2-4,7-8H2,1H3,(H,25,31)(H,26,28,30). The van der Waals surface area contributed by atoms with Gasteiger partial charge in [-0.2, -0.15) is 0 Å². The van der Waals surface area contributed by atoms with Crippen LogP contribution in [0.3, 0.4) is 0 Å². The number of fused-ring (bicyclic) bond motifs is 1. The zero-order valence-corrected chi connectivity index (χ0v) is 17.5. The van der Waals surface area contributed by atoms with Crippen LogP contribution >= 0.6 is 0 Å². The molecular formula is C23H22FN5O3. The Balaban J connectivity index is 1.55. The highest BCUT2D eigenvalue weighted by Crippen LogP contribution is 2.34. The number of likely N-dealkylation sites (tertiary alicyclic amines) is 1. The molecule has 8 nitrogen and oxygen atoms in total. The Morgan fingerprint density at radius 3 is 2.59 bits per heavy atom. The molecule has 2 fully saturated rings. The Kier molecular flexibility index (Phi) is 4.88. The lowest BCUT2D eigenvalue weighted by Gasteiger charge is -2.30. The average molecular weight is 435 g/mol. The number of anilines is 1. The zero-order chi connectivity index (χ0) is 22.4. The molecule has 2 aliphatic rings. The number of carbonyl (C=O) groups excluding carboxylic acids is 3. The number of nitrogens with zero attached hydrogens (tertiary/aromatic N) is 2. The summed E-state index contributed by atoms with van der Waals surface area (Å²) in [5, 5.41) is 5.88. The number of aromatic amines is 1. The number of carbonyl (C=O) groups is 3. The summed E-state index contributed by atoms with van der Waals surface area (Å²) in [6.07, 6.45) is 4.04. The largest absolute Gasteiger partial charge is 0.355 e. The predicted molar refractivity (Wildman–Crippen MR) is 117 cm³/mol. The van der Waals surface area contributed by atoms with Gasteiger partial charge in [0.2, 0.25) is 5.91 Å². The van der Waals surface area contributed by atoms with Crippen LogP contribution in [0.5, 0.6) is 0 Å². The molecule has 3 N–H and O–H groups in total. The van der Waals surface area contributed by atoms with Gasteiger partial charge in [-0.15, -0.1) is 0 Å². The maximum absolute atomic E-state index is 15.0. The quantitative estimate of drug-likeness (QED) is 0.573. The molecular weight excluding hydrogens is 413 g/mol. The molecule has 3 heterocycles. The molecule has 1 saturated heterocycles. The Bertz CT molecular complexity index is 1260. The number of nitrogens with one attached hydrogen (secondary N) is 3. The van der Waals surface area contributed by atoms with Gasteiger partial charge in [-0.25, -0.2) is 9.37 Å². The second-order valence-corrected chi connectivity index (χ2v) is 8.18. The fourth-order valence-electron chi connectivity index (χ4n) is 3.81. The number of rotatable bonds is 5. The molecule has 0 bridgehead atoms. The minimum Gasteiger partial charge on any atom is -0.355 e. The van der Waals surface area contributed by atoms with Gasteiger partial charge >= 0.3 is 0 Å². The van der Waals surface area contributed by atoms with E-state index in [0.29, 0.717) is 46.6 Å². The summed E-state index contributed by atoms with van der Waals surface area (Å²) < 4.78 is 15.0. The van der Waals surface area contributed by atoms with Crippen molar-refractivity contribution < 1.29 is 18.8 Å². The van der Waals surface area contributed by atoms with E-state index in [4.69, 9.17) is 0 Å². The highest BCUT2D eigenvalue weighted by molar-refractivity contribution is 6.11. The first-order valence-electron chi connectivity index (χ1n) is 10.6. The van der Waals surface area contributed by atoms with Gasteiger partial charge in [0.15, 0.2) is 5.82 Å².